The number of hydrogen-bond acceptors (Lipinski definition) is 4. The lowest BCUT2D eigenvalue weighted by molar-refractivity contribution is -0.151. The normalized spacial score (nSPS) is 35.0. The Morgan fingerprint density at radius 1 is 1.06 bits per heavy atom. The second-order valence-corrected chi connectivity index (χ2v) is 9.90. The number of benzene rings is 2. The third-order valence-electron chi connectivity index (χ3n) is 8.16. The molecule has 0 saturated carbocycles. The number of Topliss-reactive ketones (excluding diaryl/α,β-unsaturated/α-hetero) is 1. The van der Waals surface area contributed by atoms with Crippen LogP contribution in [0.1, 0.15) is 36.3 Å². The molecule has 2 aromatic rings. The maximum Gasteiger partial charge on any atom is 0.250 e. The number of nitrogens with one attached hydrogen (secondary N) is 1. The minimum atomic E-state index is -1.000. The molecule has 0 aromatic heterocycles. The van der Waals surface area contributed by atoms with E-state index in [0.29, 0.717) is 18.0 Å². The molecule has 1 amide bonds. The van der Waals surface area contributed by atoms with E-state index in [4.69, 9.17) is 11.6 Å². The molecular weight excluding hydrogens is 410 g/mol. The van der Waals surface area contributed by atoms with Crippen LogP contribution in [0.4, 0.5) is 5.69 Å². The number of carbonyl (C=O) groups is 2. The number of fused-ring (bicyclic) bond motifs is 5. The highest BCUT2D eigenvalue weighted by Crippen LogP contribution is 2.68. The van der Waals surface area contributed by atoms with Gasteiger partial charge in [0.1, 0.15) is 11.3 Å². The molecule has 4 heterocycles. The van der Waals surface area contributed by atoms with Gasteiger partial charge in [-0.25, -0.2) is 0 Å². The Bertz CT molecular complexity index is 1100. The molecule has 0 radical (unpaired) electrons. The van der Waals surface area contributed by atoms with Crippen molar-refractivity contribution in [1.82, 2.24) is 9.80 Å². The van der Waals surface area contributed by atoms with Crippen LogP contribution in [-0.4, -0.2) is 54.2 Å². The fourth-order valence-electron chi connectivity index (χ4n) is 7.23. The van der Waals surface area contributed by atoms with Crippen molar-refractivity contribution >= 4 is 29.0 Å². The van der Waals surface area contributed by atoms with Gasteiger partial charge in [-0.3, -0.25) is 14.5 Å². The van der Waals surface area contributed by atoms with E-state index in [-0.39, 0.29) is 23.7 Å². The van der Waals surface area contributed by atoms with Gasteiger partial charge in [-0.05, 0) is 44.1 Å². The van der Waals surface area contributed by atoms with Crippen LogP contribution in [0.2, 0.25) is 5.02 Å². The van der Waals surface area contributed by atoms with Crippen LogP contribution in [-0.2, 0) is 15.1 Å². The summed E-state index contributed by atoms with van der Waals surface area (Å²) in [5.41, 5.74) is 0.898. The zero-order valence-electron chi connectivity index (χ0n) is 17.6. The second-order valence-electron chi connectivity index (χ2n) is 9.49. The summed E-state index contributed by atoms with van der Waals surface area (Å²) in [6.45, 7) is 2.09. The van der Waals surface area contributed by atoms with Gasteiger partial charge in [-0.2, -0.15) is 0 Å². The number of ketones is 1. The number of halogens is 1. The molecule has 1 N–H and O–H groups in total. The maximum absolute atomic E-state index is 14.1. The summed E-state index contributed by atoms with van der Waals surface area (Å²) >= 11 is 6.77. The smallest absolute Gasteiger partial charge is 0.250 e. The molecule has 0 aliphatic carbocycles. The minimum absolute atomic E-state index is 0.0567. The molecule has 6 heteroatoms. The molecule has 4 atom stereocenters. The van der Waals surface area contributed by atoms with Crippen molar-refractivity contribution < 1.29 is 9.59 Å². The van der Waals surface area contributed by atoms with Gasteiger partial charge in [0, 0.05) is 47.7 Å². The summed E-state index contributed by atoms with van der Waals surface area (Å²) in [5.74, 6) is 0.00596. The van der Waals surface area contributed by atoms with Crippen LogP contribution in [0.5, 0.6) is 0 Å². The molecule has 0 bridgehead atoms. The Kier molecular flexibility index (Phi) is 4.17. The molecule has 31 heavy (non-hydrogen) atoms. The van der Waals surface area contributed by atoms with Gasteiger partial charge in [0.15, 0.2) is 0 Å². The molecule has 2 spiro atoms. The van der Waals surface area contributed by atoms with Gasteiger partial charge in [-0.1, -0.05) is 48.0 Å². The Balaban J connectivity index is 1.71. The number of piperidine rings is 1. The van der Waals surface area contributed by atoms with Crippen molar-refractivity contribution in [2.24, 2.45) is 5.41 Å². The minimum Gasteiger partial charge on any atom is -0.324 e. The molecule has 5 nitrogen and oxygen atoms in total. The zero-order chi connectivity index (χ0) is 21.4. The Labute approximate surface area is 187 Å². The summed E-state index contributed by atoms with van der Waals surface area (Å²) in [7, 11) is 2.06. The van der Waals surface area contributed by atoms with Gasteiger partial charge in [-0.15, -0.1) is 0 Å². The number of hydrogen-bond donors (Lipinski definition) is 1. The van der Waals surface area contributed by atoms with E-state index in [1.165, 1.54) is 0 Å². The van der Waals surface area contributed by atoms with E-state index in [0.717, 1.165) is 42.7 Å². The highest BCUT2D eigenvalue weighted by molar-refractivity contribution is 6.31. The van der Waals surface area contributed by atoms with E-state index in [1.54, 1.807) is 0 Å². The summed E-state index contributed by atoms with van der Waals surface area (Å²) in [6.07, 6.45) is 2.43. The Morgan fingerprint density at radius 2 is 1.84 bits per heavy atom. The van der Waals surface area contributed by atoms with Crippen molar-refractivity contribution in [2.45, 2.75) is 36.8 Å². The van der Waals surface area contributed by atoms with Gasteiger partial charge in [0.05, 0.1) is 5.41 Å². The van der Waals surface area contributed by atoms with Gasteiger partial charge in [0.25, 0.3) is 5.91 Å². The van der Waals surface area contributed by atoms with Crippen LogP contribution >= 0.6 is 11.6 Å². The predicted octanol–water partition coefficient (Wildman–Crippen LogP) is 3.64. The lowest BCUT2D eigenvalue weighted by atomic mass is 9.56. The predicted molar refractivity (Wildman–Crippen MR) is 120 cm³/mol. The van der Waals surface area contributed by atoms with Crippen LogP contribution in [0.3, 0.4) is 0 Å². The third-order valence-corrected chi connectivity index (χ3v) is 8.51. The van der Waals surface area contributed by atoms with E-state index < -0.39 is 11.0 Å². The highest BCUT2D eigenvalue weighted by Gasteiger charge is 2.77. The monoisotopic (exact) mass is 435 g/mol. The summed E-state index contributed by atoms with van der Waals surface area (Å²) < 4.78 is 0. The molecule has 4 aliphatic heterocycles. The molecule has 6 rings (SSSR count). The van der Waals surface area contributed by atoms with Crippen molar-refractivity contribution in [1.29, 1.82) is 0 Å². The molecular formula is C25H26ClN3O2. The van der Waals surface area contributed by atoms with Crippen molar-refractivity contribution in [3.8, 4) is 0 Å². The maximum atomic E-state index is 14.1. The van der Waals surface area contributed by atoms with Crippen LogP contribution < -0.4 is 5.32 Å². The number of para-hydroxylation sites is 1. The van der Waals surface area contributed by atoms with Crippen molar-refractivity contribution in [2.75, 3.05) is 32.0 Å². The number of nitrogens with zero attached hydrogens (tertiary/aromatic N) is 2. The largest absolute Gasteiger partial charge is 0.324 e. The molecule has 3 saturated heterocycles. The molecule has 3 fully saturated rings. The standard InChI is InChI=1S/C25H26ClN3O2/c1-28-14-12-21(30)24(15-28)22(16-7-2-4-9-18(16)26)20-11-6-13-29(20)25(24)17-8-3-5-10-19(17)27-23(25)31/h2-5,7-10,20,22H,6,11-15H2,1H3,(H,27,31)/t20-,22-,24+,25-/m0/s1. The van der Waals surface area contributed by atoms with E-state index >= 15 is 0 Å². The van der Waals surface area contributed by atoms with Crippen molar-refractivity contribution in [3.63, 3.8) is 0 Å². The summed E-state index contributed by atoms with van der Waals surface area (Å²) in [4.78, 5) is 32.7. The van der Waals surface area contributed by atoms with Gasteiger partial charge >= 0.3 is 0 Å². The van der Waals surface area contributed by atoms with Crippen LogP contribution in [0, 0.1) is 5.41 Å². The molecule has 4 aliphatic rings. The number of amides is 1. The summed E-state index contributed by atoms with van der Waals surface area (Å²) in [6, 6.07) is 15.9. The van der Waals surface area contributed by atoms with Crippen molar-refractivity contribution in [3.05, 3.63) is 64.7 Å². The first-order valence-electron chi connectivity index (χ1n) is 11.2. The quantitative estimate of drug-likeness (QED) is 0.743. The molecule has 160 valence electrons. The highest BCUT2D eigenvalue weighted by atomic mass is 35.5. The first-order valence-corrected chi connectivity index (χ1v) is 11.5. The number of rotatable bonds is 1. The fourth-order valence-corrected chi connectivity index (χ4v) is 7.49. The number of likely N-dealkylation sites (tertiary alicyclic amines) is 1. The average molecular weight is 436 g/mol. The Hall–Kier alpha value is -2.21. The zero-order valence-corrected chi connectivity index (χ0v) is 18.4. The number of anilines is 1. The van der Waals surface area contributed by atoms with Crippen LogP contribution in [0.25, 0.3) is 0 Å². The second kappa shape index (κ2) is 6.64. The first-order chi connectivity index (χ1) is 15.0. The lowest BCUT2D eigenvalue weighted by Gasteiger charge is -2.50. The molecule has 2 aromatic carbocycles. The number of carbonyl (C=O) groups excluding carboxylic acids is 2. The average Bonchev–Trinajstić information content (AvgIpc) is 3.40. The van der Waals surface area contributed by atoms with E-state index in [2.05, 4.69) is 28.2 Å². The third kappa shape index (κ3) is 2.24. The summed E-state index contributed by atoms with van der Waals surface area (Å²) in [5, 5.41) is 3.84. The van der Waals surface area contributed by atoms with Gasteiger partial charge in [0.2, 0.25) is 0 Å². The van der Waals surface area contributed by atoms with Crippen LogP contribution in [0.15, 0.2) is 48.5 Å². The first kappa shape index (κ1) is 19.5. The van der Waals surface area contributed by atoms with Gasteiger partial charge < -0.3 is 10.2 Å². The fraction of sp³-hybridized carbons (Fsp3) is 0.440. The van der Waals surface area contributed by atoms with E-state index in [9.17, 15) is 9.59 Å². The topological polar surface area (TPSA) is 52.7 Å². The van der Waals surface area contributed by atoms with E-state index in [1.807, 2.05) is 42.5 Å². The molecule has 0 unspecified atom stereocenters. The lowest BCUT2D eigenvalue weighted by Crippen LogP contribution is -2.65. The SMILES string of the molecule is CN1CCC(=O)[C@]2(C1)[C@@H](c1ccccc1Cl)[C@@H]1CCCN1[C@@]21C(=O)Nc2ccccc21. The Morgan fingerprint density at radius 3 is 2.68 bits per heavy atom.